The Labute approximate surface area is 191 Å². The summed E-state index contributed by atoms with van der Waals surface area (Å²) in [4.78, 5) is 39.8. The van der Waals surface area contributed by atoms with E-state index >= 15 is 0 Å². The van der Waals surface area contributed by atoms with Crippen LogP contribution in [0.4, 0.5) is 4.79 Å². The molecule has 0 aliphatic carbocycles. The topological polar surface area (TPSA) is 135 Å². The van der Waals surface area contributed by atoms with Crippen LogP contribution < -0.4 is 10.1 Å². The molecule has 0 bridgehead atoms. The molecular weight excluding hydrogens is 446 g/mol. The van der Waals surface area contributed by atoms with Crippen LogP contribution in [0.3, 0.4) is 0 Å². The van der Waals surface area contributed by atoms with E-state index in [4.69, 9.17) is 9.84 Å². The Kier molecular flexibility index (Phi) is 5.57. The number of ether oxygens (including phenoxy) is 1. The molecule has 168 valence electrons. The molecule has 4 aromatic rings. The van der Waals surface area contributed by atoms with E-state index in [9.17, 15) is 9.59 Å². The molecule has 5 rings (SSSR count). The Morgan fingerprint density at radius 2 is 2.06 bits per heavy atom. The van der Waals surface area contributed by atoms with Crippen LogP contribution >= 0.6 is 11.3 Å². The molecule has 2 amide bonds. The minimum atomic E-state index is -1.06. The number of nitrogens with one attached hydrogen (secondary N) is 1. The highest BCUT2D eigenvalue weighted by atomic mass is 32.1. The van der Waals surface area contributed by atoms with Crippen LogP contribution in [0.2, 0.25) is 0 Å². The van der Waals surface area contributed by atoms with Crippen molar-refractivity contribution in [1.82, 2.24) is 34.8 Å². The standard InChI is InChI=1S/C21H19N7O4S/c29-19(27-6-3-13(4-7-27)24-21(30)31)16-10-17(32-14-2-1-5-22-11-14)26-18(25-16)15-12-23-28-8-9-33-20(15)28/h1-2,5,8-13,24H,3-4,6-7H2,(H,30,31). The number of rotatable bonds is 5. The number of hydrogen-bond donors (Lipinski definition) is 2. The zero-order valence-electron chi connectivity index (χ0n) is 17.3. The van der Waals surface area contributed by atoms with Crippen molar-refractivity contribution in [1.29, 1.82) is 0 Å². The van der Waals surface area contributed by atoms with Gasteiger partial charge in [-0.05, 0) is 25.0 Å². The average molecular weight is 465 g/mol. The first-order chi connectivity index (χ1) is 16.1. The molecule has 5 heterocycles. The van der Waals surface area contributed by atoms with Crippen molar-refractivity contribution in [3.05, 3.63) is 54.1 Å². The first kappa shape index (κ1) is 20.8. The highest BCUT2D eigenvalue weighted by Gasteiger charge is 2.27. The molecule has 0 radical (unpaired) electrons. The lowest BCUT2D eigenvalue weighted by Gasteiger charge is -2.31. The van der Waals surface area contributed by atoms with Crippen LogP contribution in [-0.2, 0) is 0 Å². The van der Waals surface area contributed by atoms with Crippen LogP contribution in [-0.4, -0.2) is 65.7 Å². The number of amides is 2. The van der Waals surface area contributed by atoms with Crippen molar-refractivity contribution < 1.29 is 19.4 Å². The second-order valence-electron chi connectivity index (χ2n) is 7.43. The van der Waals surface area contributed by atoms with Gasteiger partial charge in [0.2, 0.25) is 5.88 Å². The lowest BCUT2D eigenvalue weighted by atomic mass is 10.0. The van der Waals surface area contributed by atoms with E-state index in [2.05, 4.69) is 25.4 Å². The van der Waals surface area contributed by atoms with Crippen molar-refractivity contribution in [3.63, 3.8) is 0 Å². The van der Waals surface area contributed by atoms with Crippen LogP contribution in [0.25, 0.3) is 16.2 Å². The van der Waals surface area contributed by atoms with Gasteiger partial charge in [-0.15, -0.1) is 11.3 Å². The predicted octanol–water partition coefficient (Wildman–Crippen LogP) is 2.91. The lowest BCUT2D eigenvalue weighted by Crippen LogP contribution is -2.46. The van der Waals surface area contributed by atoms with Crippen molar-refractivity contribution in [2.24, 2.45) is 0 Å². The van der Waals surface area contributed by atoms with E-state index in [0.717, 1.165) is 4.83 Å². The smallest absolute Gasteiger partial charge is 0.404 e. The summed E-state index contributed by atoms with van der Waals surface area (Å²) < 4.78 is 7.59. The normalized spacial score (nSPS) is 14.4. The molecule has 1 saturated heterocycles. The van der Waals surface area contributed by atoms with Crippen LogP contribution in [0.1, 0.15) is 23.3 Å². The Bertz CT molecular complexity index is 1300. The molecule has 0 saturated carbocycles. The van der Waals surface area contributed by atoms with E-state index < -0.39 is 6.09 Å². The third kappa shape index (κ3) is 4.46. The molecule has 0 atom stereocenters. The molecular formula is C21H19N7O4S. The molecule has 2 N–H and O–H groups in total. The Balaban J connectivity index is 1.46. The third-order valence-electron chi connectivity index (χ3n) is 5.26. The molecule has 33 heavy (non-hydrogen) atoms. The fourth-order valence-electron chi connectivity index (χ4n) is 3.68. The number of fused-ring (bicyclic) bond motifs is 1. The fourth-order valence-corrected chi connectivity index (χ4v) is 4.47. The number of likely N-dealkylation sites (tertiary alicyclic amines) is 1. The van der Waals surface area contributed by atoms with Crippen LogP contribution in [0.15, 0.2) is 48.4 Å². The zero-order valence-corrected chi connectivity index (χ0v) is 18.1. The first-order valence-electron chi connectivity index (χ1n) is 10.2. The summed E-state index contributed by atoms with van der Waals surface area (Å²) in [7, 11) is 0. The van der Waals surface area contributed by atoms with Crippen molar-refractivity contribution in [2.45, 2.75) is 18.9 Å². The predicted molar refractivity (Wildman–Crippen MR) is 118 cm³/mol. The van der Waals surface area contributed by atoms with Gasteiger partial charge in [-0.3, -0.25) is 9.78 Å². The zero-order chi connectivity index (χ0) is 22.8. The van der Waals surface area contributed by atoms with Gasteiger partial charge in [0, 0.05) is 43.0 Å². The maximum atomic E-state index is 13.3. The van der Waals surface area contributed by atoms with E-state index in [1.165, 1.54) is 17.4 Å². The minimum absolute atomic E-state index is 0.170. The van der Waals surface area contributed by atoms with Gasteiger partial charge in [-0.1, -0.05) is 0 Å². The summed E-state index contributed by atoms with van der Waals surface area (Å²) in [5.74, 6) is 0.768. The number of carboxylic acid groups (broad SMARTS) is 1. The molecule has 0 aromatic carbocycles. The van der Waals surface area contributed by atoms with Gasteiger partial charge in [-0.2, -0.15) is 10.1 Å². The molecule has 11 nitrogen and oxygen atoms in total. The van der Waals surface area contributed by atoms with Crippen molar-refractivity contribution in [3.8, 4) is 23.0 Å². The highest BCUT2D eigenvalue weighted by molar-refractivity contribution is 7.16. The number of pyridine rings is 1. The number of hydrogen-bond acceptors (Lipinski definition) is 8. The minimum Gasteiger partial charge on any atom is -0.465 e. The van der Waals surface area contributed by atoms with Crippen molar-refractivity contribution >= 4 is 28.2 Å². The van der Waals surface area contributed by atoms with Gasteiger partial charge in [0.1, 0.15) is 16.3 Å². The molecule has 1 aliphatic heterocycles. The summed E-state index contributed by atoms with van der Waals surface area (Å²) in [6, 6.07) is 4.83. The van der Waals surface area contributed by atoms with E-state index in [0.29, 0.717) is 43.1 Å². The summed E-state index contributed by atoms with van der Waals surface area (Å²) in [5.41, 5.74) is 0.888. The highest BCUT2D eigenvalue weighted by Crippen LogP contribution is 2.29. The number of piperidine rings is 1. The molecule has 4 aromatic heterocycles. The van der Waals surface area contributed by atoms with Gasteiger partial charge in [0.15, 0.2) is 5.82 Å². The molecule has 0 unspecified atom stereocenters. The second-order valence-corrected chi connectivity index (χ2v) is 8.33. The molecule has 0 spiro atoms. The third-order valence-corrected chi connectivity index (χ3v) is 6.15. The fraction of sp³-hybridized carbons (Fsp3) is 0.238. The Hall–Kier alpha value is -4.06. The maximum Gasteiger partial charge on any atom is 0.404 e. The summed E-state index contributed by atoms with van der Waals surface area (Å²) in [5, 5.41) is 17.6. The summed E-state index contributed by atoms with van der Waals surface area (Å²) in [6.45, 7) is 0.843. The van der Waals surface area contributed by atoms with E-state index in [1.807, 2.05) is 11.6 Å². The quantitative estimate of drug-likeness (QED) is 0.459. The number of thiazole rings is 1. The lowest BCUT2D eigenvalue weighted by molar-refractivity contribution is 0.0699. The Morgan fingerprint density at radius 3 is 2.82 bits per heavy atom. The number of nitrogens with zero attached hydrogens (tertiary/aromatic N) is 6. The van der Waals surface area contributed by atoms with Gasteiger partial charge in [0.25, 0.3) is 5.91 Å². The average Bonchev–Trinajstić information content (AvgIpc) is 3.43. The number of carbonyl (C=O) groups is 2. The first-order valence-corrected chi connectivity index (χ1v) is 11.1. The van der Waals surface area contributed by atoms with Crippen LogP contribution in [0, 0.1) is 0 Å². The van der Waals surface area contributed by atoms with Gasteiger partial charge >= 0.3 is 6.09 Å². The van der Waals surface area contributed by atoms with Gasteiger partial charge < -0.3 is 20.1 Å². The summed E-state index contributed by atoms with van der Waals surface area (Å²) >= 11 is 1.49. The monoisotopic (exact) mass is 465 g/mol. The summed E-state index contributed by atoms with van der Waals surface area (Å²) in [6.07, 6.45) is 6.70. The SMILES string of the molecule is O=C(O)NC1CCN(C(=O)c2cc(Oc3cccnc3)nc(-c3cnn4ccsc34)n2)CC1. The Morgan fingerprint density at radius 1 is 1.21 bits per heavy atom. The van der Waals surface area contributed by atoms with Crippen molar-refractivity contribution in [2.75, 3.05) is 13.1 Å². The molecule has 1 aliphatic rings. The molecule has 1 fully saturated rings. The number of aromatic nitrogens is 5. The van der Waals surface area contributed by atoms with E-state index in [1.54, 1.807) is 40.1 Å². The van der Waals surface area contributed by atoms with E-state index in [-0.39, 0.29) is 23.5 Å². The van der Waals surface area contributed by atoms with Gasteiger partial charge in [0.05, 0.1) is 18.0 Å². The van der Waals surface area contributed by atoms with Crippen LogP contribution in [0.5, 0.6) is 11.6 Å². The molecule has 12 heteroatoms. The maximum absolute atomic E-state index is 13.3. The van der Waals surface area contributed by atoms with Gasteiger partial charge in [-0.25, -0.2) is 14.3 Å². The largest absolute Gasteiger partial charge is 0.465 e. The number of carbonyl (C=O) groups excluding carboxylic acids is 1. The second kappa shape index (κ2) is 8.82.